The maximum atomic E-state index is 12.1. The molecule has 112 valence electrons. The standard InChI is InChI=1S/C15H19N3O3/c1-11(5-3-8-14(19)20)17-15(21)18(2)13-7-4-6-12(9-13)10-16/h4,6-7,9,11H,3,5,8H2,1-2H3,(H,17,21)(H,19,20). The van der Waals surface area contributed by atoms with E-state index in [4.69, 9.17) is 10.4 Å². The second kappa shape index (κ2) is 7.90. The van der Waals surface area contributed by atoms with Crippen molar-refractivity contribution in [2.24, 2.45) is 0 Å². The molecule has 1 aromatic rings. The molecule has 6 nitrogen and oxygen atoms in total. The Hall–Kier alpha value is -2.55. The fraction of sp³-hybridized carbons (Fsp3) is 0.400. The van der Waals surface area contributed by atoms with Crippen molar-refractivity contribution in [1.82, 2.24) is 5.32 Å². The fourth-order valence-electron chi connectivity index (χ4n) is 1.84. The molecule has 0 saturated carbocycles. The number of rotatable bonds is 6. The number of nitrogens with one attached hydrogen (secondary N) is 1. The largest absolute Gasteiger partial charge is 0.481 e. The van der Waals surface area contributed by atoms with Crippen LogP contribution in [-0.2, 0) is 4.79 Å². The van der Waals surface area contributed by atoms with Crippen LogP contribution in [0, 0.1) is 11.3 Å². The summed E-state index contributed by atoms with van der Waals surface area (Å²) in [6, 6.07) is 8.40. The van der Waals surface area contributed by atoms with Gasteiger partial charge in [0.15, 0.2) is 0 Å². The van der Waals surface area contributed by atoms with Gasteiger partial charge in [-0.05, 0) is 38.0 Å². The molecule has 1 rings (SSSR count). The van der Waals surface area contributed by atoms with Crippen LogP contribution in [0.1, 0.15) is 31.7 Å². The van der Waals surface area contributed by atoms with E-state index in [0.29, 0.717) is 24.1 Å². The molecule has 0 bridgehead atoms. The van der Waals surface area contributed by atoms with E-state index in [1.54, 1.807) is 31.3 Å². The zero-order chi connectivity index (χ0) is 15.8. The van der Waals surface area contributed by atoms with Crippen LogP contribution in [0.4, 0.5) is 10.5 Å². The lowest BCUT2D eigenvalue weighted by atomic mass is 10.1. The Bertz CT molecular complexity index is 551. The van der Waals surface area contributed by atoms with E-state index in [-0.39, 0.29) is 18.5 Å². The average molecular weight is 289 g/mol. The molecule has 0 aliphatic rings. The molecule has 1 unspecified atom stereocenters. The first kappa shape index (κ1) is 16.5. The summed E-state index contributed by atoms with van der Waals surface area (Å²) in [5.41, 5.74) is 1.12. The van der Waals surface area contributed by atoms with Crippen molar-refractivity contribution in [3.05, 3.63) is 29.8 Å². The van der Waals surface area contributed by atoms with Gasteiger partial charge in [-0.3, -0.25) is 9.69 Å². The maximum absolute atomic E-state index is 12.1. The quantitative estimate of drug-likeness (QED) is 0.840. The number of hydrogen-bond donors (Lipinski definition) is 2. The van der Waals surface area contributed by atoms with Gasteiger partial charge in [0, 0.05) is 25.2 Å². The number of carboxylic acid groups (broad SMARTS) is 1. The van der Waals surface area contributed by atoms with Gasteiger partial charge in [-0.15, -0.1) is 0 Å². The number of carbonyl (C=O) groups is 2. The third-order valence-electron chi connectivity index (χ3n) is 3.06. The third-order valence-corrected chi connectivity index (χ3v) is 3.06. The van der Waals surface area contributed by atoms with E-state index in [1.807, 2.05) is 13.0 Å². The SMILES string of the molecule is CC(CCCC(=O)O)NC(=O)N(C)c1cccc(C#N)c1. The number of amides is 2. The lowest BCUT2D eigenvalue weighted by Crippen LogP contribution is -2.42. The molecule has 0 aliphatic heterocycles. The molecule has 0 radical (unpaired) electrons. The van der Waals surface area contributed by atoms with Crippen LogP contribution >= 0.6 is 0 Å². The average Bonchev–Trinajstić information content (AvgIpc) is 2.46. The smallest absolute Gasteiger partial charge is 0.321 e. The van der Waals surface area contributed by atoms with Crippen molar-refractivity contribution in [2.75, 3.05) is 11.9 Å². The molecule has 0 aromatic heterocycles. The third kappa shape index (κ3) is 5.53. The van der Waals surface area contributed by atoms with Gasteiger partial charge in [0.2, 0.25) is 0 Å². The van der Waals surface area contributed by atoms with E-state index in [9.17, 15) is 9.59 Å². The van der Waals surface area contributed by atoms with E-state index in [0.717, 1.165) is 0 Å². The number of carbonyl (C=O) groups excluding carboxylic acids is 1. The molecule has 1 atom stereocenters. The molecule has 0 saturated heterocycles. The molecule has 1 aromatic carbocycles. The molecule has 0 fully saturated rings. The number of aliphatic carboxylic acids is 1. The van der Waals surface area contributed by atoms with Gasteiger partial charge in [0.05, 0.1) is 11.6 Å². The topological polar surface area (TPSA) is 93.4 Å². The Labute approximate surface area is 124 Å². The van der Waals surface area contributed by atoms with Crippen molar-refractivity contribution in [3.63, 3.8) is 0 Å². The Kier molecular flexibility index (Phi) is 6.21. The number of nitrogens with zero attached hydrogens (tertiary/aromatic N) is 2. The second-order valence-corrected chi connectivity index (χ2v) is 4.86. The van der Waals surface area contributed by atoms with Crippen LogP contribution in [-0.4, -0.2) is 30.2 Å². The summed E-state index contributed by atoms with van der Waals surface area (Å²) in [5, 5.41) is 20.2. The molecule has 0 spiro atoms. The summed E-state index contributed by atoms with van der Waals surface area (Å²) in [7, 11) is 1.62. The molecule has 21 heavy (non-hydrogen) atoms. The minimum Gasteiger partial charge on any atom is -0.481 e. The number of carboxylic acids is 1. The fourth-order valence-corrected chi connectivity index (χ4v) is 1.84. The van der Waals surface area contributed by atoms with Gasteiger partial charge in [-0.25, -0.2) is 4.79 Å². The number of hydrogen-bond acceptors (Lipinski definition) is 3. The highest BCUT2D eigenvalue weighted by molar-refractivity contribution is 5.91. The van der Waals surface area contributed by atoms with E-state index < -0.39 is 5.97 Å². The van der Waals surface area contributed by atoms with Crippen LogP contribution in [0.15, 0.2) is 24.3 Å². The summed E-state index contributed by atoms with van der Waals surface area (Å²) in [5.74, 6) is -0.834. The molecular formula is C15H19N3O3. The minimum atomic E-state index is -0.834. The molecule has 6 heteroatoms. The predicted octanol–water partition coefficient (Wildman–Crippen LogP) is 2.35. The van der Waals surface area contributed by atoms with Crippen LogP contribution in [0.5, 0.6) is 0 Å². The van der Waals surface area contributed by atoms with E-state index >= 15 is 0 Å². The molecule has 0 aliphatic carbocycles. The maximum Gasteiger partial charge on any atom is 0.321 e. The first-order chi connectivity index (χ1) is 9.93. The Morgan fingerprint density at radius 1 is 1.48 bits per heavy atom. The van der Waals surface area contributed by atoms with E-state index in [1.165, 1.54) is 4.90 Å². The summed E-state index contributed by atoms with van der Waals surface area (Å²) in [6.07, 6.45) is 1.22. The molecule has 0 heterocycles. The highest BCUT2D eigenvalue weighted by Crippen LogP contribution is 2.14. The first-order valence-electron chi connectivity index (χ1n) is 6.70. The lowest BCUT2D eigenvalue weighted by molar-refractivity contribution is -0.137. The number of anilines is 1. The molecular weight excluding hydrogens is 270 g/mol. The lowest BCUT2D eigenvalue weighted by Gasteiger charge is -2.21. The van der Waals surface area contributed by atoms with Gasteiger partial charge < -0.3 is 10.4 Å². The molecule has 2 amide bonds. The highest BCUT2D eigenvalue weighted by Gasteiger charge is 2.14. The van der Waals surface area contributed by atoms with Gasteiger partial charge >= 0.3 is 12.0 Å². The van der Waals surface area contributed by atoms with E-state index in [2.05, 4.69) is 5.32 Å². The van der Waals surface area contributed by atoms with Crippen molar-refractivity contribution in [1.29, 1.82) is 5.26 Å². The van der Waals surface area contributed by atoms with Gasteiger partial charge in [0.1, 0.15) is 0 Å². The zero-order valence-electron chi connectivity index (χ0n) is 12.2. The number of benzene rings is 1. The Balaban J connectivity index is 2.54. The Morgan fingerprint density at radius 3 is 2.81 bits per heavy atom. The summed E-state index contributed by atoms with van der Waals surface area (Å²) in [6.45, 7) is 1.83. The minimum absolute atomic E-state index is 0.0975. The van der Waals surface area contributed by atoms with Gasteiger partial charge in [-0.2, -0.15) is 5.26 Å². The van der Waals surface area contributed by atoms with Crippen LogP contribution in [0.3, 0.4) is 0 Å². The van der Waals surface area contributed by atoms with Gasteiger partial charge in [-0.1, -0.05) is 6.07 Å². The van der Waals surface area contributed by atoms with Crippen molar-refractivity contribution >= 4 is 17.7 Å². The summed E-state index contributed by atoms with van der Waals surface area (Å²) in [4.78, 5) is 23.9. The zero-order valence-corrected chi connectivity index (χ0v) is 12.2. The summed E-state index contributed by atoms with van der Waals surface area (Å²) < 4.78 is 0. The van der Waals surface area contributed by atoms with Crippen molar-refractivity contribution in [2.45, 2.75) is 32.2 Å². The highest BCUT2D eigenvalue weighted by atomic mass is 16.4. The number of nitriles is 1. The normalized spacial score (nSPS) is 11.3. The predicted molar refractivity (Wildman–Crippen MR) is 79.0 cm³/mol. The van der Waals surface area contributed by atoms with Crippen LogP contribution < -0.4 is 10.2 Å². The molecule has 2 N–H and O–H groups in total. The Morgan fingerprint density at radius 2 is 2.19 bits per heavy atom. The monoisotopic (exact) mass is 289 g/mol. The second-order valence-electron chi connectivity index (χ2n) is 4.86. The number of urea groups is 1. The van der Waals surface area contributed by atoms with Crippen molar-refractivity contribution in [3.8, 4) is 6.07 Å². The van der Waals surface area contributed by atoms with Crippen LogP contribution in [0.25, 0.3) is 0 Å². The van der Waals surface area contributed by atoms with Crippen LogP contribution in [0.2, 0.25) is 0 Å². The van der Waals surface area contributed by atoms with Crippen molar-refractivity contribution < 1.29 is 14.7 Å². The van der Waals surface area contributed by atoms with Gasteiger partial charge in [0.25, 0.3) is 0 Å². The first-order valence-corrected chi connectivity index (χ1v) is 6.70. The summed E-state index contributed by atoms with van der Waals surface area (Å²) >= 11 is 0.